The molecule has 0 spiro atoms. The number of aryl methyl sites for hydroxylation is 1. The minimum absolute atomic E-state index is 0. The second kappa shape index (κ2) is 11.8. The van der Waals surface area contributed by atoms with Crippen LogP contribution in [0.4, 0.5) is 5.82 Å². The van der Waals surface area contributed by atoms with Crippen molar-refractivity contribution in [1.82, 2.24) is 25.4 Å². The Morgan fingerprint density at radius 2 is 2.25 bits per heavy atom. The first-order chi connectivity index (χ1) is 13.2. The van der Waals surface area contributed by atoms with Gasteiger partial charge in [0.2, 0.25) is 0 Å². The van der Waals surface area contributed by atoms with E-state index >= 15 is 0 Å². The van der Waals surface area contributed by atoms with Gasteiger partial charge in [0, 0.05) is 58.4 Å². The SMILES string of the molecule is CN=C(NCCCn1cccn1)NCc1ccc(N2CCOC(C)C2)nc1.I. The van der Waals surface area contributed by atoms with Gasteiger partial charge in [-0.1, -0.05) is 6.07 Å². The van der Waals surface area contributed by atoms with E-state index in [0.717, 1.165) is 56.5 Å². The van der Waals surface area contributed by atoms with Crippen LogP contribution in [0.5, 0.6) is 0 Å². The van der Waals surface area contributed by atoms with E-state index in [-0.39, 0.29) is 30.1 Å². The van der Waals surface area contributed by atoms with Crippen LogP contribution in [0.1, 0.15) is 18.9 Å². The quantitative estimate of drug-likeness (QED) is 0.262. The van der Waals surface area contributed by atoms with E-state index in [0.29, 0.717) is 6.54 Å². The predicted molar refractivity (Wildman–Crippen MR) is 122 cm³/mol. The lowest BCUT2D eigenvalue weighted by atomic mass is 10.2. The van der Waals surface area contributed by atoms with Gasteiger partial charge in [0.05, 0.1) is 12.7 Å². The molecule has 9 heteroatoms. The number of halogens is 1. The van der Waals surface area contributed by atoms with E-state index in [2.05, 4.69) is 49.7 Å². The van der Waals surface area contributed by atoms with Crippen LogP contribution >= 0.6 is 24.0 Å². The minimum atomic E-state index is 0. The van der Waals surface area contributed by atoms with Gasteiger partial charge < -0.3 is 20.3 Å². The molecule has 2 aromatic heterocycles. The molecule has 1 aliphatic rings. The van der Waals surface area contributed by atoms with Gasteiger partial charge in [0.15, 0.2) is 5.96 Å². The summed E-state index contributed by atoms with van der Waals surface area (Å²) in [5, 5.41) is 10.9. The summed E-state index contributed by atoms with van der Waals surface area (Å²) in [5.74, 6) is 1.80. The third-order valence-corrected chi connectivity index (χ3v) is 4.47. The first kappa shape index (κ1) is 22.4. The maximum atomic E-state index is 5.59. The fraction of sp³-hybridized carbons (Fsp3) is 0.526. The Balaban J connectivity index is 0.00000280. The summed E-state index contributed by atoms with van der Waals surface area (Å²) in [4.78, 5) is 11.1. The highest BCUT2D eigenvalue weighted by Gasteiger charge is 2.17. The summed E-state index contributed by atoms with van der Waals surface area (Å²) < 4.78 is 7.52. The van der Waals surface area contributed by atoms with E-state index < -0.39 is 0 Å². The number of morpholine rings is 1. The van der Waals surface area contributed by atoms with Crippen LogP contribution in [-0.4, -0.2) is 60.1 Å². The Bertz CT molecular complexity index is 706. The number of aromatic nitrogens is 3. The Kier molecular flexibility index (Phi) is 9.48. The predicted octanol–water partition coefficient (Wildman–Crippen LogP) is 1.88. The number of hydrogen-bond donors (Lipinski definition) is 2. The number of nitrogens with zero attached hydrogens (tertiary/aromatic N) is 5. The van der Waals surface area contributed by atoms with Crippen LogP contribution in [0.25, 0.3) is 0 Å². The molecule has 0 amide bonds. The molecule has 2 N–H and O–H groups in total. The van der Waals surface area contributed by atoms with Crippen molar-refractivity contribution in [3.05, 3.63) is 42.4 Å². The number of pyridine rings is 1. The van der Waals surface area contributed by atoms with Crippen molar-refractivity contribution >= 4 is 35.8 Å². The first-order valence-electron chi connectivity index (χ1n) is 9.48. The van der Waals surface area contributed by atoms with Gasteiger partial charge in [0.25, 0.3) is 0 Å². The maximum absolute atomic E-state index is 5.59. The Morgan fingerprint density at radius 3 is 2.93 bits per heavy atom. The number of guanidine groups is 1. The van der Waals surface area contributed by atoms with Crippen LogP contribution in [0, 0.1) is 0 Å². The van der Waals surface area contributed by atoms with Crippen LogP contribution in [0.2, 0.25) is 0 Å². The number of hydrogen-bond acceptors (Lipinski definition) is 5. The zero-order valence-corrected chi connectivity index (χ0v) is 18.9. The van der Waals surface area contributed by atoms with Gasteiger partial charge in [-0.05, 0) is 31.0 Å². The van der Waals surface area contributed by atoms with E-state index in [9.17, 15) is 0 Å². The molecule has 1 aliphatic heterocycles. The largest absolute Gasteiger partial charge is 0.375 e. The van der Waals surface area contributed by atoms with Crippen LogP contribution < -0.4 is 15.5 Å². The highest BCUT2D eigenvalue weighted by molar-refractivity contribution is 14.0. The number of rotatable bonds is 7. The van der Waals surface area contributed by atoms with Gasteiger partial charge in [-0.2, -0.15) is 5.10 Å². The summed E-state index contributed by atoms with van der Waals surface area (Å²) in [5.41, 5.74) is 1.12. The highest BCUT2D eigenvalue weighted by Crippen LogP contribution is 2.15. The van der Waals surface area contributed by atoms with Crippen molar-refractivity contribution < 1.29 is 4.74 Å². The monoisotopic (exact) mass is 499 g/mol. The number of anilines is 1. The van der Waals surface area contributed by atoms with Crippen LogP contribution in [-0.2, 0) is 17.8 Å². The smallest absolute Gasteiger partial charge is 0.191 e. The molecule has 0 radical (unpaired) electrons. The molecule has 0 aliphatic carbocycles. The summed E-state index contributed by atoms with van der Waals surface area (Å²) in [7, 11) is 1.78. The zero-order valence-electron chi connectivity index (χ0n) is 16.5. The Labute approximate surface area is 183 Å². The third-order valence-electron chi connectivity index (χ3n) is 4.47. The van der Waals surface area contributed by atoms with Gasteiger partial charge in [-0.25, -0.2) is 4.98 Å². The van der Waals surface area contributed by atoms with Gasteiger partial charge in [-0.3, -0.25) is 9.67 Å². The van der Waals surface area contributed by atoms with Crippen LogP contribution in [0.15, 0.2) is 41.8 Å². The molecule has 1 saturated heterocycles. The lowest BCUT2D eigenvalue weighted by molar-refractivity contribution is 0.0529. The normalized spacial score (nSPS) is 17.1. The molecule has 28 heavy (non-hydrogen) atoms. The topological polar surface area (TPSA) is 79.6 Å². The highest BCUT2D eigenvalue weighted by atomic mass is 127. The summed E-state index contributed by atoms with van der Waals surface area (Å²) >= 11 is 0. The van der Waals surface area contributed by atoms with Gasteiger partial charge in [-0.15, -0.1) is 24.0 Å². The molecule has 0 aromatic carbocycles. The van der Waals surface area contributed by atoms with Crippen molar-refractivity contribution in [2.45, 2.75) is 32.5 Å². The van der Waals surface area contributed by atoms with Crippen molar-refractivity contribution in [2.75, 3.05) is 38.2 Å². The summed E-state index contributed by atoms with van der Waals surface area (Å²) in [6.45, 7) is 7.05. The van der Waals surface area contributed by atoms with Crippen LogP contribution in [0.3, 0.4) is 0 Å². The lowest BCUT2D eigenvalue weighted by Gasteiger charge is -2.32. The zero-order chi connectivity index (χ0) is 18.9. The molecule has 3 rings (SSSR count). The molecule has 2 aromatic rings. The molecular weight excluding hydrogens is 469 g/mol. The molecule has 8 nitrogen and oxygen atoms in total. The number of aliphatic imine (C=N–C) groups is 1. The van der Waals surface area contributed by atoms with Crippen molar-refractivity contribution in [3.63, 3.8) is 0 Å². The molecule has 154 valence electrons. The fourth-order valence-electron chi connectivity index (χ4n) is 3.02. The third kappa shape index (κ3) is 6.93. The molecule has 1 atom stereocenters. The second-order valence-electron chi connectivity index (χ2n) is 6.63. The summed E-state index contributed by atoms with van der Waals surface area (Å²) in [6, 6.07) is 6.13. The molecule has 1 fully saturated rings. The van der Waals surface area contributed by atoms with E-state index in [1.54, 1.807) is 13.2 Å². The standard InChI is InChI=1S/C19H29N7O.HI/c1-16-15-25(11-12-27-16)18-6-5-17(13-22-18)14-23-19(20-2)21-7-3-9-26-10-4-8-24-26;/h4-6,8,10,13,16H,3,7,9,11-12,14-15H2,1-2H3,(H2,20,21,23);1H. The Hall–Kier alpha value is -1.88. The lowest BCUT2D eigenvalue weighted by Crippen LogP contribution is -2.41. The molecular formula is C19H30IN7O. The fourth-order valence-corrected chi connectivity index (χ4v) is 3.02. The average molecular weight is 499 g/mol. The summed E-state index contributed by atoms with van der Waals surface area (Å²) in [6.07, 6.45) is 6.93. The van der Waals surface area contributed by atoms with E-state index in [1.807, 2.05) is 23.1 Å². The maximum Gasteiger partial charge on any atom is 0.191 e. The van der Waals surface area contributed by atoms with Crippen molar-refractivity contribution in [3.8, 4) is 0 Å². The molecule has 3 heterocycles. The molecule has 0 bridgehead atoms. The van der Waals surface area contributed by atoms with Crippen molar-refractivity contribution in [1.29, 1.82) is 0 Å². The number of ether oxygens (including phenoxy) is 1. The number of nitrogens with one attached hydrogen (secondary N) is 2. The molecule has 0 saturated carbocycles. The average Bonchev–Trinajstić information content (AvgIpc) is 3.21. The van der Waals surface area contributed by atoms with Gasteiger partial charge in [0.1, 0.15) is 5.82 Å². The van der Waals surface area contributed by atoms with Crippen molar-refractivity contribution in [2.24, 2.45) is 4.99 Å². The second-order valence-corrected chi connectivity index (χ2v) is 6.63. The minimum Gasteiger partial charge on any atom is -0.375 e. The van der Waals surface area contributed by atoms with E-state index in [4.69, 9.17) is 4.74 Å². The molecule has 1 unspecified atom stereocenters. The first-order valence-corrected chi connectivity index (χ1v) is 9.48. The van der Waals surface area contributed by atoms with Gasteiger partial charge >= 0.3 is 0 Å². The Morgan fingerprint density at radius 1 is 1.36 bits per heavy atom. The van der Waals surface area contributed by atoms with E-state index in [1.165, 1.54) is 0 Å².